The minimum absolute atomic E-state index is 0.0362. The minimum Gasteiger partial charge on any atom is -0.496 e. The molecule has 0 aliphatic rings. The average Bonchev–Trinajstić information content (AvgIpc) is 2.36. The second-order valence-corrected chi connectivity index (χ2v) is 4.17. The Morgan fingerprint density at radius 2 is 1.83 bits per heavy atom. The molecule has 18 heavy (non-hydrogen) atoms. The molecule has 0 bridgehead atoms. The maximum Gasteiger partial charge on any atom is 0.255 e. The van der Waals surface area contributed by atoms with Gasteiger partial charge in [0.05, 0.1) is 19.8 Å². The lowest BCUT2D eigenvalue weighted by molar-refractivity contribution is 0.108. The summed E-state index contributed by atoms with van der Waals surface area (Å²) >= 11 is 11.4. The Labute approximate surface area is 113 Å². The van der Waals surface area contributed by atoms with E-state index in [0.717, 1.165) is 0 Å². The van der Waals surface area contributed by atoms with E-state index >= 15 is 0 Å². The number of halogens is 2. The van der Waals surface area contributed by atoms with Crippen LogP contribution in [0.5, 0.6) is 11.5 Å². The van der Waals surface area contributed by atoms with Crippen LogP contribution in [0.4, 0.5) is 0 Å². The topological polar surface area (TPSA) is 48.4 Å². The lowest BCUT2D eigenvalue weighted by atomic mass is 10.1. The van der Waals surface area contributed by atoms with Gasteiger partial charge in [0, 0.05) is 5.39 Å². The number of hydrogen-bond acceptors (Lipinski definition) is 4. The van der Waals surface area contributed by atoms with Gasteiger partial charge in [-0.25, -0.2) is 4.98 Å². The third kappa shape index (κ3) is 2.09. The van der Waals surface area contributed by atoms with Gasteiger partial charge in [-0.05, 0) is 29.8 Å². The third-order valence-electron chi connectivity index (χ3n) is 2.51. The van der Waals surface area contributed by atoms with Gasteiger partial charge in [-0.3, -0.25) is 4.79 Å². The number of benzene rings is 1. The second-order valence-electron chi connectivity index (χ2n) is 3.47. The Hall–Kier alpha value is -1.52. The number of ether oxygens (including phenoxy) is 2. The fourth-order valence-electron chi connectivity index (χ4n) is 1.67. The van der Waals surface area contributed by atoms with Gasteiger partial charge in [-0.2, -0.15) is 0 Å². The van der Waals surface area contributed by atoms with Crippen LogP contribution < -0.4 is 9.47 Å². The Morgan fingerprint density at radius 3 is 2.39 bits per heavy atom. The molecule has 94 valence electrons. The highest BCUT2D eigenvalue weighted by atomic mass is 35.5. The number of aromatic nitrogens is 1. The summed E-state index contributed by atoms with van der Waals surface area (Å²) in [5.74, 6) is 1.11. The molecule has 0 unspecified atom stereocenters. The number of methoxy groups -OCH3 is 2. The molecule has 0 atom stereocenters. The lowest BCUT2D eigenvalue weighted by Crippen LogP contribution is -1.97. The highest BCUT2D eigenvalue weighted by Crippen LogP contribution is 2.34. The molecule has 1 heterocycles. The van der Waals surface area contributed by atoms with Crippen molar-refractivity contribution in [3.63, 3.8) is 0 Å². The van der Waals surface area contributed by atoms with E-state index in [1.165, 1.54) is 14.2 Å². The fourth-order valence-corrected chi connectivity index (χ4v) is 2.08. The number of fused-ring (bicyclic) bond motifs is 1. The van der Waals surface area contributed by atoms with Crippen molar-refractivity contribution in [3.8, 4) is 11.5 Å². The number of carbonyl (C=O) groups is 1. The second kappa shape index (κ2) is 5.00. The first-order chi connectivity index (χ1) is 8.58. The first-order valence-corrected chi connectivity index (χ1v) is 5.75. The molecule has 0 fully saturated rings. The third-order valence-corrected chi connectivity index (χ3v) is 3.00. The van der Waals surface area contributed by atoms with E-state index in [1.54, 1.807) is 18.2 Å². The summed E-state index contributed by atoms with van der Waals surface area (Å²) in [6, 6.07) is 4.98. The van der Waals surface area contributed by atoms with Gasteiger partial charge in [-0.1, -0.05) is 11.6 Å². The van der Waals surface area contributed by atoms with Crippen LogP contribution in [0.25, 0.3) is 10.9 Å². The van der Waals surface area contributed by atoms with Crippen LogP contribution in [-0.2, 0) is 0 Å². The summed E-state index contributed by atoms with van der Waals surface area (Å²) in [6.07, 6.45) is 0. The van der Waals surface area contributed by atoms with Crippen molar-refractivity contribution in [3.05, 3.63) is 28.9 Å². The number of pyridine rings is 1. The summed E-state index contributed by atoms with van der Waals surface area (Å²) < 4.78 is 10.4. The summed E-state index contributed by atoms with van der Waals surface area (Å²) in [6.45, 7) is 0. The zero-order valence-corrected chi connectivity index (χ0v) is 11.2. The number of carbonyl (C=O) groups excluding carboxylic acids is 1. The van der Waals surface area contributed by atoms with E-state index in [4.69, 9.17) is 32.7 Å². The molecule has 0 saturated carbocycles. The van der Waals surface area contributed by atoms with Gasteiger partial charge in [0.15, 0.2) is 0 Å². The molecule has 4 nitrogen and oxygen atoms in total. The van der Waals surface area contributed by atoms with Gasteiger partial charge >= 0.3 is 0 Å². The summed E-state index contributed by atoms with van der Waals surface area (Å²) in [7, 11) is 3.05. The van der Waals surface area contributed by atoms with Crippen molar-refractivity contribution in [1.82, 2.24) is 4.98 Å². The Bertz CT molecular complexity index is 628. The van der Waals surface area contributed by atoms with Crippen LogP contribution in [0.3, 0.4) is 0 Å². The van der Waals surface area contributed by atoms with Crippen LogP contribution in [-0.4, -0.2) is 24.4 Å². The molecule has 1 aromatic heterocycles. The monoisotopic (exact) mass is 285 g/mol. The number of nitrogens with zero attached hydrogens (tertiary/aromatic N) is 1. The maximum atomic E-state index is 11.2. The molecule has 2 rings (SSSR count). The zero-order chi connectivity index (χ0) is 13.3. The van der Waals surface area contributed by atoms with Gasteiger partial charge in [-0.15, -0.1) is 0 Å². The fraction of sp³-hybridized carbons (Fsp3) is 0.167. The van der Waals surface area contributed by atoms with Crippen LogP contribution in [0.1, 0.15) is 10.4 Å². The van der Waals surface area contributed by atoms with Gasteiger partial charge in [0.1, 0.15) is 22.2 Å². The summed E-state index contributed by atoms with van der Waals surface area (Å²) in [5.41, 5.74) is 0.654. The van der Waals surface area contributed by atoms with E-state index in [-0.39, 0.29) is 10.7 Å². The van der Waals surface area contributed by atoms with Crippen molar-refractivity contribution in [2.45, 2.75) is 0 Å². The minimum atomic E-state index is -0.667. The Balaban J connectivity index is 2.85. The molecular formula is C12H9Cl2NO3. The van der Waals surface area contributed by atoms with Gasteiger partial charge in [0.2, 0.25) is 0 Å². The molecule has 0 N–H and O–H groups in total. The molecule has 1 aromatic carbocycles. The normalized spacial score (nSPS) is 10.4. The highest BCUT2D eigenvalue weighted by molar-refractivity contribution is 6.68. The predicted octanol–water partition coefficient (Wildman–Crippen LogP) is 3.28. The van der Waals surface area contributed by atoms with Crippen LogP contribution in [0.15, 0.2) is 18.2 Å². The Kier molecular flexibility index (Phi) is 3.59. The van der Waals surface area contributed by atoms with E-state index < -0.39 is 5.24 Å². The molecule has 0 spiro atoms. The number of hydrogen-bond donors (Lipinski definition) is 0. The smallest absolute Gasteiger partial charge is 0.255 e. The van der Waals surface area contributed by atoms with E-state index in [0.29, 0.717) is 22.4 Å². The van der Waals surface area contributed by atoms with Crippen molar-refractivity contribution < 1.29 is 14.3 Å². The van der Waals surface area contributed by atoms with Crippen molar-refractivity contribution >= 4 is 39.3 Å². The summed E-state index contributed by atoms with van der Waals surface area (Å²) in [4.78, 5) is 15.4. The molecule has 0 aliphatic carbocycles. The zero-order valence-electron chi connectivity index (χ0n) is 9.66. The van der Waals surface area contributed by atoms with E-state index in [2.05, 4.69) is 4.98 Å². The van der Waals surface area contributed by atoms with Crippen molar-refractivity contribution in [2.75, 3.05) is 14.2 Å². The molecule has 0 aliphatic heterocycles. The van der Waals surface area contributed by atoms with Crippen LogP contribution in [0.2, 0.25) is 5.15 Å². The van der Waals surface area contributed by atoms with Crippen molar-refractivity contribution in [2.24, 2.45) is 0 Å². The van der Waals surface area contributed by atoms with Gasteiger partial charge < -0.3 is 9.47 Å². The maximum absolute atomic E-state index is 11.2. The molecule has 2 aromatic rings. The lowest BCUT2D eigenvalue weighted by Gasteiger charge is -2.10. The SMILES string of the molecule is COc1ccc(OC)c2nc(Cl)c(C(=O)Cl)cc12. The molecule has 0 amide bonds. The molecule has 6 heteroatoms. The highest BCUT2D eigenvalue weighted by Gasteiger charge is 2.15. The standard InChI is InChI=1S/C12H9Cl2NO3/c1-17-8-3-4-9(18-2)10-6(8)5-7(12(14)16)11(13)15-10/h3-5H,1-2H3. The average molecular weight is 286 g/mol. The van der Waals surface area contributed by atoms with Crippen LogP contribution in [0, 0.1) is 0 Å². The van der Waals surface area contributed by atoms with E-state index in [1.807, 2.05) is 0 Å². The first-order valence-electron chi connectivity index (χ1n) is 4.99. The molecule has 0 saturated heterocycles. The first kappa shape index (κ1) is 12.9. The molecule has 0 radical (unpaired) electrons. The quantitative estimate of drug-likeness (QED) is 0.641. The number of rotatable bonds is 3. The van der Waals surface area contributed by atoms with Crippen molar-refractivity contribution in [1.29, 1.82) is 0 Å². The predicted molar refractivity (Wildman–Crippen MR) is 70.0 cm³/mol. The Morgan fingerprint density at radius 1 is 1.22 bits per heavy atom. The van der Waals surface area contributed by atoms with E-state index in [9.17, 15) is 4.79 Å². The largest absolute Gasteiger partial charge is 0.496 e. The molecular weight excluding hydrogens is 277 g/mol. The summed E-state index contributed by atoms with van der Waals surface area (Å²) in [5, 5.41) is -0.0152. The van der Waals surface area contributed by atoms with Gasteiger partial charge in [0.25, 0.3) is 5.24 Å². The van der Waals surface area contributed by atoms with Crippen LogP contribution >= 0.6 is 23.2 Å².